The van der Waals surface area contributed by atoms with E-state index in [9.17, 15) is 0 Å². The molecule has 0 N–H and O–H groups in total. The lowest BCUT2D eigenvalue weighted by molar-refractivity contribution is 1.16. The van der Waals surface area contributed by atoms with Crippen LogP contribution < -0.4 is 20.7 Å². The topological polar surface area (TPSA) is 14.8 Å². The van der Waals surface area contributed by atoms with Crippen molar-refractivity contribution >= 4 is 94.2 Å². The van der Waals surface area contributed by atoms with Crippen molar-refractivity contribution in [2.24, 2.45) is 0 Å². The van der Waals surface area contributed by atoms with Gasteiger partial charge in [0.15, 0.2) is 8.07 Å². The fourth-order valence-corrected chi connectivity index (χ4v) is 16.6. The minimum Gasteiger partial charge on any atom is -0.309 e. The van der Waals surface area contributed by atoms with Crippen LogP contribution >= 0.6 is 0 Å². The second-order valence-electron chi connectivity index (χ2n) is 18.4. The Kier molecular flexibility index (Phi) is 9.23. The third kappa shape index (κ3) is 6.00. The van der Waals surface area contributed by atoms with E-state index in [4.69, 9.17) is 0 Å². The zero-order chi connectivity index (χ0) is 46.2. The Morgan fingerprint density at radius 3 is 1.29 bits per heavy atom. The van der Waals surface area contributed by atoms with Gasteiger partial charge in [-0.1, -0.05) is 206 Å². The molecule has 0 unspecified atom stereocenters. The van der Waals surface area contributed by atoms with E-state index in [-0.39, 0.29) is 0 Å². The lowest BCUT2D eigenvalue weighted by atomic mass is 10.00. The largest absolute Gasteiger partial charge is 0.309 e. The van der Waals surface area contributed by atoms with Crippen molar-refractivity contribution in [3.8, 4) is 28.2 Å². The highest BCUT2D eigenvalue weighted by Gasteiger charge is 2.41. The molecule has 3 heterocycles. The van der Waals surface area contributed by atoms with E-state index >= 15 is 0 Å². The summed E-state index contributed by atoms with van der Waals surface area (Å²) in [4.78, 5) is 0. The lowest BCUT2D eigenvalue weighted by Crippen LogP contribution is -2.74. The predicted molar refractivity (Wildman–Crippen MR) is 299 cm³/mol. The van der Waals surface area contributed by atoms with Crippen molar-refractivity contribution in [3.05, 3.63) is 273 Å². The van der Waals surface area contributed by atoms with Gasteiger partial charge in [0.1, 0.15) is 0 Å². The summed E-state index contributed by atoms with van der Waals surface area (Å²) < 4.78 is 7.40. The van der Waals surface area contributed by atoms with Crippen LogP contribution in [0.1, 0.15) is 0 Å². The number of para-hydroxylation sites is 5. The molecular weight excluding hydrogens is 863 g/mol. The third-order valence-corrected chi connectivity index (χ3v) is 19.5. The first kappa shape index (κ1) is 40.1. The van der Waals surface area contributed by atoms with Crippen LogP contribution in [-0.4, -0.2) is 21.8 Å². The lowest BCUT2D eigenvalue weighted by Gasteiger charge is -2.34. The fourth-order valence-electron chi connectivity index (χ4n) is 11.8. The molecule has 70 heavy (non-hydrogen) atoms. The molecule has 0 aliphatic carbocycles. The summed E-state index contributed by atoms with van der Waals surface area (Å²) >= 11 is 0. The van der Waals surface area contributed by atoms with Gasteiger partial charge >= 0.3 is 0 Å². The van der Waals surface area contributed by atoms with Crippen molar-refractivity contribution in [1.29, 1.82) is 0 Å². The summed E-state index contributed by atoms with van der Waals surface area (Å²) in [5.41, 5.74) is 13.0. The third-order valence-electron chi connectivity index (χ3n) is 14.8. The van der Waals surface area contributed by atoms with Gasteiger partial charge in [-0.15, -0.1) is 0 Å². The van der Waals surface area contributed by atoms with Crippen LogP contribution in [0.5, 0.6) is 0 Å². The van der Waals surface area contributed by atoms with Crippen molar-refractivity contribution in [3.63, 3.8) is 0 Å². The van der Waals surface area contributed by atoms with Gasteiger partial charge in [-0.3, -0.25) is 0 Å². The number of hydrogen-bond donors (Lipinski definition) is 0. The molecule has 14 rings (SSSR count). The van der Waals surface area contributed by atoms with E-state index in [2.05, 4.69) is 287 Å². The zero-order valence-electron chi connectivity index (χ0n) is 38.3. The summed E-state index contributed by atoms with van der Waals surface area (Å²) in [6, 6.07) is 101. The van der Waals surface area contributed by atoms with E-state index < -0.39 is 8.07 Å². The van der Waals surface area contributed by atoms with E-state index in [1.807, 2.05) is 0 Å². The van der Waals surface area contributed by atoms with Gasteiger partial charge < -0.3 is 13.7 Å². The van der Waals surface area contributed by atoms with Gasteiger partial charge in [-0.2, -0.15) is 0 Å². The Bertz CT molecular complexity index is 4180. The van der Waals surface area contributed by atoms with Crippen molar-refractivity contribution < 1.29 is 0 Å². The molecule has 0 saturated carbocycles. The molecule has 0 aliphatic rings. The predicted octanol–water partition coefficient (Wildman–Crippen LogP) is 14.0. The SMILES string of the molecule is c1ccc(-n2c3ccccc3c3cccc(-c4ccc5c(c4)c4ccccc4n5-c4ccc5c6ccccc6n(-c6cccc([Si](c7ccccc7)(c7ccccc7)c7ccccc7)c6)c5c4)c32)cc1. The number of aromatic nitrogens is 3. The maximum Gasteiger partial charge on any atom is 0.179 e. The van der Waals surface area contributed by atoms with Gasteiger partial charge in [0.2, 0.25) is 0 Å². The number of hydrogen-bond acceptors (Lipinski definition) is 0. The van der Waals surface area contributed by atoms with E-state index in [1.54, 1.807) is 0 Å². The molecule has 0 radical (unpaired) electrons. The Balaban J connectivity index is 0.979. The Morgan fingerprint density at radius 1 is 0.229 bits per heavy atom. The fraction of sp³-hybridized carbons (Fsp3) is 0. The molecule has 3 nitrogen and oxygen atoms in total. The first-order chi connectivity index (χ1) is 34.8. The van der Waals surface area contributed by atoms with Gasteiger partial charge in [-0.25, -0.2) is 0 Å². The van der Waals surface area contributed by atoms with Crippen LogP contribution in [0.2, 0.25) is 0 Å². The van der Waals surface area contributed by atoms with E-state index in [0.29, 0.717) is 0 Å². The van der Waals surface area contributed by atoms with Crippen LogP contribution in [-0.2, 0) is 0 Å². The highest BCUT2D eigenvalue weighted by Crippen LogP contribution is 2.42. The minimum absolute atomic E-state index is 1.12. The molecule has 328 valence electrons. The molecule has 3 aromatic heterocycles. The summed E-state index contributed by atoms with van der Waals surface area (Å²) in [5.74, 6) is 0. The summed E-state index contributed by atoms with van der Waals surface area (Å²) in [6.07, 6.45) is 0. The molecule has 14 aromatic rings. The summed E-state index contributed by atoms with van der Waals surface area (Å²) in [7, 11) is -2.79. The molecule has 0 saturated heterocycles. The first-order valence-corrected chi connectivity index (χ1v) is 26.2. The highest BCUT2D eigenvalue weighted by molar-refractivity contribution is 7.19. The number of benzene rings is 11. The van der Waals surface area contributed by atoms with E-state index in [0.717, 1.165) is 17.1 Å². The number of fused-ring (bicyclic) bond motifs is 9. The van der Waals surface area contributed by atoms with Gasteiger partial charge in [0.05, 0.1) is 33.1 Å². The van der Waals surface area contributed by atoms with Crippen molar-refractivity contribution in [2.75, 3.05) is 0 Å². The van der Waals surface area contributed by atoms with Crippen LogP contribution in [0.3, 0.4) is 0 Å². The average molecular weight is 908 g/mol. The molecule has 0 amide bonds. The van der Waals surface area contributed by atoms with Crippen LogP contribution in [0.25, 0.3) is 93.6 Å². The second kappa shape index (κ2) is 16.1. The van der Waals surface area contributed by atoms with Crippen LogP contribution in [0, 0.1) is 0 Å². The highest BCUT2D eigenvalue weighted by atomic mass is 28.3. The van der Waals surface area contributed by atoms with Gasteiger partial charge in [0, 0.05) is 54.9 Å². The van der Waals surface area contributed by atoms with Gasteiger partial charge in [-0.05, 0) is 93.0 Å². The Morgan fingerprint density at radius 2 is 0.657 bits per heavy atom. The molecule has 0 bridgehead atoms. The quantitative estimate of drug-likeness (QED) is 0.107. The molecule has 4 heteroatoms. The number of rotatable bonds is 8. The Hall–Kier alpha value is -8.96. The first-order valence-electron chi connectivity index (χ1n) is 24.2. The van der Waals surface area contributed by atoms with Crippen LogP contribution in [0.4, 0.5) is 0 Å². The molecular formula is C66H45N3Si. The minimum atomic E-state index is -2.79. The smallest absolute Gasteiger partial charge is 0.179 e. The molecule has 0 fully saturated rings. The van der Waals surface area contributed by atoms with Gasteiger partial charge in [0.25, 0.3) is 0 Å². The zero-order valence-corrected chi connectivity index (χ0v) is 39.3. The molecule has 11 aromatic carbocycles. The van der Waals surface area contributed by atoms with E-state index in [1.165, 1.54) is 97.3 Å². The maximum absolute atomic E-state index is 2.79. The summed E-state index contributed by atoms with van der Waals surface area (Å²) in [6.45, 7) is 0. The molecule has 0 atom stereocenters. The monoisotopic (exact) mass is 907 g/mol. The second-order valence-corrected chi connectivity index (χ2v) is 22.2. The summed E-state index contributed by atoms with van der Waals surface area (Å²) in [5, 5.41) is 12.9. The molecule has 0 aliphatic heterocycles. The van der Waals surface area contributed by atoms with Crippen molar-refractivity contribution in [2.45, 2.75) is 0 Å². The maximum atomic E-state index is 2.50. The number of nitrogens with zero attached hydrogens (tertiary/aromatic N) is 3. The normalized spacial score (nSPS) is 12.0. The van der Waals surface area contributed by atoms with Crippen molar-refractivity contribution in [1.82, 2.24) is 13.7 Å². The van der Waals surface area contributed by atoms with Crippen LogP contribution in [0.15, 0.2) is 273 Å². The molecule has 0 spiro atoms. The average Bonchev–Trinajstić information content (AvgIpc) is 4.08. The standard InChI is InChI=1S/C66H45N3Si/c1-5-21-47(22-6-1)69-63-38-18-14-32-56(63)59-35-20-34-54(66(59)69)46-39-42-64-60(43-46)57-33-15-17-37-62(57)67(64)49-40-41-58-55-31-13-16-36-61(55)68(65(58)45-49)48-23-19-30-53(44-48)70(50-24-7-2-8-25-50,51-26-9-3-10-27-51)52-28-11-4-12-29-52/h1-45H. The Labute approximate surface area is 407 Å².